The van der Waals surface area contributed by atoms with E-state index in [0.717, 1.165) is 5.69 Å². The molecule has 0 aromatic heterocycles. The molecule has 0 atom stereocenters. The smallest absolute Gasteiger partial charge is 0.0579 e. The van der Waals surface area contributed by atoms with E-state index in [1.54, 1.807) is 11.1 Å². The Hall–Kier alpha value is -5.69. The van der Waals surface area contributed by atoms with E-state index in [-0.39, 0.29) is 4.66 Å². The maximum atomic E-state index is 2.63. The van der Waals surface area contributed by atoms with Crippen LogP contribution in [-0.2, 0) is 4.66 Å². The fourth-order valence-electron chi connectivity index (χ4n) is 11.1. The molecule has 0 radical (unpaired) electrons. The van der Waals surface area contributed by atoms with E-state index in [9.17, 15) is 0 Å². The Balaban J connectivity index is 1.26. The lowest BCUT2D eigenvalue weighted by atomic mass is 9.97. The Bertz CT molecular complexity index is 2850. The third kappa shape index (κ3) is 6.45. The summed E-state index contributed by atoms with van der Waals surface area (Å²) in [7, 11) is -3.97. The van der Waals surface area contributed by atoms with E-state index in [1.165, 1.54) is 83.4 Å². The molecule has 0 fully saturated rings. The first-order valence-corrected chi connectivity index (χ1v) is 28.2. The van der Waals surface area contributed by atoms with Crippen molar-refractivity contribution in [1.82, 2.24) is 0 Å². The normalized spacial score (nSPS) is 13.4. The van der Waals surface area contributed by atoms with Crippen molar-refractivity contribution in [2.24, 2.45) is 0 Å². The van der Waals surface area contributed by atoms with Crippen molar-refractivity contribution < 1.29 is 0 Å². The van der Waals surface area contributed by atoms with Crippen LogP contribution in [0.3, 0.4) is 0 Å². The predicted molar refractivity (Wildman–Crippen MR) is 263 cm³/mol. The zero-order valence-electron chi connectivity index (χ0n) is 36.4. The number of nitrogens with zero attached hydrogens (tertiary/aromatic N) is 2. The highest BCUT2D eigenvalue weighted by Gasteiger charge is 2.59. The second-order valence-electron chi connectivity index (χ2n) is 19.1. The molecule has 1 aliphatic carbocycles. The van der Waals surface area contributed by atoms with Crippen molar-refractivity contribution in [3.63, 3.8) is 0 Å². The molecule has 0 unspecified atom stereocenters. The summed E-state index contributed by atoms with van der Waals surface area (Å²) in [5, 5.41) is 5.30. The van der Waals surface area contributed by atoms with Crippen LogP contribution in [0.25, 0.3) is 32.7 Å². The van der Waals surface area contributed by atoms with Gasteiger partial charge in [0.25, 0.3) is 0 Å². The first-order chi connectivity index (χ1) is 28.1. The lowest BCUT2D eigenvalue weighted by Crippen LogP contribution is -2.63. The second kappa shape index (κ2) is 14.3. The molecular weight excluding hydrogens is 745 g/mol. The minimum Gasteiger partial charge on any atom is -0.310 e. The molecule has 0 amide bonds. The van der Waals surface area contributed by atoms with E-state index in [2.05, 4.69) is 235 Å². The summed E-state index contributed by atoms with van der Waals surface area (Å²) in [5.74, 6) is 0. The summed E-state index contributed by atoms with van der Waals surface area (Å²) >= 11 is 0. The topological polar surface area (TPSA) is 6.48 Å². The maximum absolute atomic E-state index is 2.63. The summed E-state index contributed by atoms with van der Waals surface area (Å²) in [6, 6.07) is 59.8. The van der Waals surface area contributed by atoms with Crippen LogP contribution in [0.5, 0.6) is 0 Å². The van der Waals surface area contributed by atoms with Crippen LogP contribution >= 0.6 is 0 Å². The zero-order chi connectivity index (χ0) is 41.4. The van der Waals surface area contributed by atoms with Crippen LogP contribution in [0.15, 0.2) is 158 Å². The molecule has 8 aromatic rings. The fourth-order valence-corrected chi connectivity index (χ4v) is 24.1. The molecule has 59 heavy (non-hydrogen) atoms. The van der Waals surface area contributed by atoms with Crippen LogP contribution in [-0.4, -0.2) is 16.1 Å². The first-order valence-electron chi connectivity index (χ1n) is 21.2. The minimum absolute atomic E-state index is 0.0184. The van der Waals surface area contributed by atoms with Gasteiger partial charge >= 0.3 is 0 Å². The summed E-state index contributed by atoms with van der Waals surface area (Å²) < 4.78 is -0.0184. The van der Waals surface area contributed by atoms with E-state index in [4.69, 9.17) is 0 Å². The standard InChI is InChI=1S/C55H56N2Si2/c1-37-27-38(2)30-48(29-37)56(44-17-13-11-14-18-44)46-23-21-41-35-52-51-25-22-42-33-47(57(45-19-15-12-16-20-45)49-31-39(3)28-40(4)32-49)24-26-50(42)54(51)55(58(5,6)7,59(8,9)10)53(52)36-43(41)34-46/h11-36H,1-10H3. The van der Waals surface area contributed by atoms with Gasteiger partial charge < -0.3 is 9.80 Å². The quantitative estimate of drug-likeness (QED) is 0.141. The van der Waals surface area contributed by atoms with Crippen LogP contribution in [0.4, 0.5) is 34.1 Å². The molecule has 8 aromatic carbocycles. The van der Waals surface area contributed by atoms with Crippen molar-refractivity contribution in [2.45, 2.75) is 71.6 Å². The van der Waals surface area contributed by atoms with Gasteiger partial charge in [0.1, 0.15) is 0 Å². The molecule has 0 heterocycles. The van der Waals surface area contributed by atoms with Gasteiger partial charge in [-0.2, -0.15) is 0 Å². The highest BCUT2D eigenvalue weighted by molar-refractivity contribution is 7.00. The van der Waals surface area contributed by atoms with Gasteiger partial charge in [-0.05, 0) is 173 Å². The Kier molecular flexibility index (Phi) is 9.37. The van der Waals surface area contributed by atoms with Crippen LogP contribution in [0.2, 0.25) is 39.3 Å². The lowest BCUT2D eigenvalue weighted by Gasteiger charge is -2.51. The number of hydrogen-bond donors (Lipinski definition) is 0. The first kappa shape index (κ1) is 38.8. The van der Waals surface area contributed by atoms with Crippen molar-refractivity contribution in [3.8, 4) is 11.1 Å². The van der Waals surface area contributed by atoms with E-state index in [1.807, 2.05) is 0 Å². The number of benzene rings is 8. The predicted octanol–water partition coefficient (Wildman–Crippen LogP) is 16.2. The van der Waals surface area contributed by atoms with Gasteiger partial charge in [-0.1, -0.05) is 118 Å². The molecule has 294 valence electrons. The van der Waals surface area contributed by atoms with Gasteiger partial charge in [0.05, 0.1) is 16.1 Å². The summed E-state index contributed by atoms with van der Waals surface area (Å²) in [4.78, 5) is 4.85. The van der Waals surface area contributed by atoms with Gasteiger partial charge in [0.2, 0.25) is 0 Å². The SMILES string of the molecule is Cc1cc(C)cc(N(c2ccccc2)c2ccc3cc4c(cc3c2)C([Si](C)(C)C)([Si](C)(C)C)c2c-4ccc3cc(N(c4ccccc4)c4cc(C)cc(C)c4)ccc23)c1. The van der Waals surface area contributed by atoms with Gasteiger partial charge in [-0.3, -0.25) is 0 Å². The number of fused-ring (bicyclic) bond motifs is 6. The number of aryl methyl sites for hydroxylation is 4. The molecule has 0 saturated carbocycles. The molecule has 1 aliphatic rings. The lowest BCUT2D eigenvalue weighted by molar-refractivity contribution is 0.964. The number of hydrogen-bond acceptors (Lipinski definition) is 2. The monoisotopic (exact) mass is 800 g/mol. The molecule has 2 nitrogen and oxygen atoms in total. The number of rotatable bonds is 8. The summed E-state index contributed by atoms with van der Waals surface area (Å²) in [5.41, 5.74) is 18.1. The Labute approximate surface area is 353 Å². The fraction of sp³-hybridized carbons (Fsp3) is 0.200. The Morgan fingerprint density at radius 3 is 1.31 bits per heavy atom. The highest BCUT2D eigenvalue weighted by Crippen LogP contribution is 2.60. The molecule has 0 spiro atoms. The average Bonchev–Trinajstić information content (AvgIpc) is 3.48. The highest BCUT2D eigenvalue weighted by atomic mass is 28.4. The molecule has 9 rings (SSSR count). The molecule has 0 N–H and O–H groups in total. The zero-order valence-corrected chi connectivity index (χ0v) is 38.4. The van der Waals surface area contributed by atoms with Crippen LogP contribution in [0.1, 0.15) is 33.4 Å². The van der Waals surface area contributed by atoms with Crippen molar-refractivity contribution >= 4 is 71.8 Å². The van der Waals surface area contributed by atoms with Gasteiger partial charge in [0, 0.05) is 38.8 Å². The van der Waals surface area contributed by atoms with Gasteiger partial charge in [-0.25, -0.2) is 0 Å². The molecule has 0 bridgehead atoms. The van der Waals surface area contributed by atoms with Crippen molar-refractivity contribution in [1.29, 1.82) is 0 Å². The second-order valence-corrected chi connectivity index (χ2v) is 30.1. The van der Waals surface area contributed by atoms with E-state index in [0.29, 0.717) is 0 Å². The Morgan fingerprint density at radius 2 is 0.814 bits per heavy atom. The Morgan fingerprint density at radius 1 is 0.356 bits per heavy atom. The number of para-hydroxylation sites is 2. The molecule has 4 heteroatoms. The summed E-state index contributed by atoms with van der Waals surface area (Å²) in [6.45, 7) is 24.6. The number of anilines is 6. The molecule has 0 saturated heterocycles. The van der Waals surface area contributed by atoms with Gasteiger partial charge in [0.15, 0.2) is 0 Å². The van der Waals surface area contributed by atoms with Gasteiger partial charge in [-0.15, -0.1) is 0 Å². The maximum Gasteiger partial charge on any atom is 0.0579 e. The molecular formula is C55H56N2Si2. The third-order valence-electron chi connectivity index (χ3n) is 12.8. The van der Waals surface area contributed by atoms with Crippen molar-refractivity contribution in [2.75, 3.05) is 9.80 Å². The average molecular weight is 801 g/mol. The molecule has 0 aliphatic heterocycles. The van der Waals surface area contributed by atoms with E-state index >= 15 is 0 Å². The van der Waals surface area contributed by atoms with Crippen LogP contribution in [0, 0.1) is 27.7 Å². The van der Waals surface area contributed by atoms with Crippen molar-refractivity contribution in [3.05, 3.63) is 191 Å². The van der Waals surface area contributed by atoms with Crippen LogP contribution < -0.4 is 9.80 Å². The minimum atomic E-state index is -1.98. The largest absolute Gasteiger partial charge is 0.310 e. The third-order valence-corrected chi connectivity index (χ3v) is 22.8. The van der Waals surface area contributed by atoms with E-state index < -0.39 is 16.1 Å². The summed E-state index contributed by atoms with van der Waals surface area (Å²) in [6.07, 6.45) is 0.